The summed E-state index contributed by atoms with van der Waals surface area (Å²) in [5, 5.41) is -1.84. The fraction of sp³-hybridized carbons (Fsp3) is 0.583. The van der Waals surface area contributed by atoms with E-state index in [1.165, 1.54) is 4.57 Å². The lowest BCUT2D eigenvalue weighted by Gasteiger charge is -2.38. The number of benzene rings is 1. The van der Waals surface area contributed by atoms with E-state index in [1.54, 1.807) is 0 Å². The summed E-state index contributed by atoms with van der Waals surface area (Å²) in [7, 11) is 10.5. The minimum atomic E-state index is -2.09. The zero-order valence-electron chi connectivity index (χ0n) is 21.7. The monoisotopic (exact) mass is 548 g/mol. The third kappa shape index (κ3) is 5.74. The topological polar surface area (TPSA) is 74.7 Å². The van der Waals surface area contributed by atoms with Crippen molar-refractivity contribution >= 4 is 36.5 Å². The summed E-state index contributed by atoms with van der Waals surface area (Å²) in [4.78, 5) is 13.7. The Morgan fingerprint density at radius 2 is 1.78 bits per heavy atom. The predicted octanol–water partition coefficient (Wildman–Crippen LogP) is 5.30. The zero-order chi connectivity index (χ0) is 27.5. The van der Waals surface area contributed by atoms with E-state index < -0.39 is 43.1 Å². The number of fused-ring (bicyclic) bond motifs is 1. The number of ether oxygens (including phenoxy) is 1. The maximum Gasteiger partial charge on any atom is 0.396 e. The van der Waals surface area contributed by atoms with Gasteiger partial charge in [-0.25, -0.2) is 4.39 Å². The number of H-pyrrole nitrogens is 1. The molecule has 0 bridgehead atoms. The highest BCUT2D eigenvalue weighted by molar-refractivity contribution is 7.71. The normalized spacial score (nSPS) is 22.5. The SMILES string of the molecule is [B]C([B])(OP1OCc2c(F)c(C(C)(C)C)cc(C(C)(C)C)c2O1)C1CCC(n2cc(F)c(=O)[nH]c2=S)O1. The molecule has 4 radical (unpaired) electrons. The summed E-state index contributed by atoms with van der Waals surface area (Å²) in [6.45, 7) is 11.8. The predicted molar refractivity (Wildman–Crippen MR) is 140 cm³/mol. The van der Waals surface area contributed by atoms with E-state index in [4.69, 9.17) is 46.2 Å². The van der Waals surface area contributed by atoms with Gasteiger partial charge in [-0.3, -0.25) is 18.9 Å². The van der Waals surface area contributed by atoms with Crippen LogP contribution in [0.5, 0.6) is 5.75 Å². The van der Waals surface area contributed by atoms with Crippen molar-refractivity contribution in [1.82, 2.24) is 9.55 Å². The van der Waals surface area contributed by atoms with Gasteiger partial charge in [-0.05, 0) is 47.5 Å². The van der Waals surface area contributed by atoms with Crippen molar-refractivity contribution in [2.24, 2.45) is 0 Å². The van der Waals surface area contributed by atoms with Gasteiger partial charge in [0.25, 0.3) is 5.56 Å². The van der Waals surface area contributed by atoms with Crippen molar-refractivity contribution in [3.05, 3.63) is 55.7 Å². The molecule has 4 rings (SSSR count). The van der Waals surface area contributed by atoms with E-state index in [2.05, 4.69) is 4.98 Å². The minimum absolute atomic E-state index is 0.00361. The number of aromatic nitrogens is 2. The highest BCUT2D eigenvalue weighted by Gasteiger charge is 2.43. The van der Waals surface area contributed by atoms with Crippen molar-refractivity contribution in [2.45, 2.75) is 89.6 Å². The number of hydrogen-bond acceptors (Lipinski definition) is 6. The molecule has 1 aromatic carbocycles. The summed E-state index contributed by atoms with van der Waals surface area (Å²) >= 11 is 5.12. The number of nitrogens with zero attached hydrogens (tertiary/aromatic N) is 1. The number of halogens is 2. The van der Waals surface area contributed by atoms with Crippen molar-refractivity contribution in [2.75, 3.05) is 0 Å². The van der Waals surface area contributed by atoms with Crippen molar-refractivity contribution in [3.8, 4) is 5.75 Å². The molecule has 1 fully saturated rings. The van der Waals surface area contributed by atoms with Crippen LogP contribution in [-0.4, -0.2) is 36.7 Å². The first-order chi connectivity index (χ1) is 17.0. The Bertz CT molecular complexity index is 1320. The standard InChI is InChI=1S/C24H29B2F2N2O5PS/c1-22(2,3)13-9-14(23(4,5)6)19-12(18(13)28)11-32-36(34-19)35-24(25,26)16-7-8-17(33-16)30-10-15(27)20(31)29-21(30)37/h9-10,16-17H,7-8,11H2,1-6H3,(H,29,31,37). The van der Waals surface area contributed by atoms with E-state index in [0.29, 0.717) is 29.7 Å². The van der Waals surface area contributed by atoms with Crippen LogP contribution in [0.15, 0.2) is 17.1 Å². The molecule has 7 nitrogen and oxygen atoms in total. The molecule has 2 aliphatic rings. The molecule has 0 spiro atoms. The summed E-state index contributed by atoms with van der Waals surface area (Å²) in [6.07, 6.45) is 0.190. The van der Waals surface area contributed by atoms with Crippen molar-refractivity contribution in [1.29, 1.82) is 0 Å². The Hall–Kier alpha value is -1.58. The van der Waals surface area contributed by atoms with Crippen LogP contribution in [0.1, 0.15) is 77.3 Å². The average molecular weight is 548 g/mol. The molecular formula is C24H29B2F2N2O5PS. The van der Waals surface area contributed by atoms with Gasteiger partial charge in [-0.1, -0.05) is 41.5 Å². The Labute approximate surface area is 224 Å². The fourth-order valence-corrected chi connectivity index (χ4v) is 5.69. The second-order valence-electron chi connectivity index (χ2n) is 11.4. The summed E-state index contributed by atoms with van der Waals surface area (Å²) in [6, 6.07) is 1.84. The lowest BCUT2D eigenvalue weighted by Crippen LogP contribution is -2.45. The molecule has 1 N–H and O–H groups in total. The van der Waals surface area contributed by atoms with Gasteiger partial charge >= 0.3 is 8.60 Å². The van der Waals surface area contributed by atoms with Gasteiger partial charge < -0.3 is 13.8 Å². The number of nitrogens with one attached hydrogen (secondary N) is 1. The molecule has 3 heterocycles. The lowest BCUT2D eigenvalue weighted by atomic mass is 9.61. The van der Waals surface area contributed by atoms with Crippen LogP contribution in [0.25, 0.3) is 0 Å². The zero-order valence-corrected chi connectivity index (χ0v) is 23.4. The summed E-state index contributed by atoms with van der Waals surface area (Å²) in [5.41, 5.74) is 0.0261. The maximum atomic E-state index is 15.5. The first kappa shape index (κ1) is 28.4. The van der Waals surface area contributed by atoms with Crippen LogP contribution in [0.2, 0.25) is 0 Å². The molecule has 37 heavy (non-hydrogen) atoms. The first-order valence-electron chi connectivity index (χ1n) is 11.9. The van der Waals surface area contributed by atoms with E-state index in [-0.39, 0.29) is 22.6 Å². The Morgan fingerprint density at radius 1 is 1.14 bits per heavy atom. The molecule has 0 aliphatic carbocycles. The molecule has 196 valence electrons. The molecule has 0 saturated carbocycles. The van der Waals surface area contributed by atoms with Gasteiger partial charge in [-0.15, -0.1) is 0 Å². The molecule has 13 heteroatoms. The molecule has 1 saturated heterocycles. The fourth-order valence-electron chi connectivity index (χ4n) is 4.32. The van der Waals surface area contributed by atoms with Gasteiger partial charge in [0, 0.05) is 11.0 Å². The van der Waals surface area contributed by atoms with Crippen LogP contribution >= 0.6 is 20.8 Å². The van der Waals surface area contributed by atoms with Gasteiger partial charge in [0.2, 0.25) is 5.82 Å². The van der Waals surface area contributed by atoms with Crippen molar-refractivity contribution < 1.29 is 27.1 Å². The highest BCUT2D eigenvalue weighted by atomic mass is 32.1. The maximum absolute atomic E-state index is 15.5. The van der Waals surface area contributed by atoms with Gasteiger partial charge in [0.1, 0.15) is 33.5 Å². The number of rotatable bonds is 4. The van der Waals surface area contributed by atoms with E-state index >= 15 is 4.39 Å². The van der Waals surface area contributed by atoms with Crippen LogP contribution < -0.4 is 10.1 Å². The molecule has 1 aromatic heterocycles. The molecule has 3 atom stereocenters. The highest BCUT2D eigenvalue weighted by Crippen LogP contribution is 2.54. The van der Waals surface area contributed by atoms with Gasteiger partial charge in [0.05, 0.1) is 24.5 Å². The number of aromatic amines is 1. The van der Waals surface area contributed by atoms with Gasteiger partial charge in [0.15, 0.2) is 4.77 Å². The molecule has 2 aliphatic heterocycles. The molecule has 2 aromatic rings. The Balaban J connectivity index is 1.55. The molecular weight excluding hydrogens is 519 g/mol. The smallest absolute Gasteiger partial charge is 0.396 e. The quantitative estimate of drug-likeness (QED) is 0.318. The van der Waals surface area contributed by atoms with E-state index in [0.717, 1.165) is 11.8 Å². The second kappa shape index (κ2) is 9.87. The minimum Gasteiger partial charge on any atom is -0.426 e. The van der Waals surface area contributed by atoms with E-state index in [1.807, 2.05) is 47.6 Å². The van der Waals surface area contributed by atoms with Crippen molar-refractivity contribution in [3.63, 3.8) is 0 Å². The summed E-state index contributed by atoms with van der Waals surface area (Å²) < 4.78 is 54.1. The second-order valence-corrected chi connectivity index (χ2v) is 12.9. The van der Waals surface area contributed by atoms with Crippen LogP contribution in [-0.2, 0) is 31.2 Å². The average Bonchev–Trinajstić information content (AvgIpc) is 3.25. The molecule has 0 amide bonds. The van der Waals surface area contributed by atoms with Gasteiger partial charge in [-0.2, -0.15) is 4.39 Å². The third-order valence-electron chi connectivity index (χ3n) is 6.37. The summed E-state index contributed by atoms with van der Waals surface area (Å²) in [5.74, 6) is -0.999. The van der Waals surface area contributed by atoms with Crippen LogP contribution in [0, 0.1) is 16.4 Å². The third-order valence-corrected chi connectivity index (χ3v) is 7.82. The Morgan fingerprint density at radius 3 is 2.41 bits per heavy atom. The lowest BCUT2D eigenvalue weighted by molar-refractivity contribution is -0.0466. The first-order valence-corrected chi connectivity index (χ1v) is 13.4. The van der Waals surface area contributed by atoms with Crippen LogP contribution in [0.4, 0.5) is 8.78 Å². The molecule has 3 unspecified atom stereocenters. The largest absolute Gasteiger partial charge is 0.426 e. The Kier molecular flexibility index (Phi) is 7.58. The number of hydrogen-bond donors (Lipinski definition) is 1. The van der Waals surface area contributed by atoms with E-state index in [9.17, 15) is 9.18 Å². The van der Waals surface area contributed by atoms with Crippen LogP contribution in [0.3, 0.4) is 0 Å².